The molecule has 1 atom stereocenters. The first kappa shape index (κ1) is 15.1. The van der Waals surface area contributed by atoms with Gasteiger partial charge >= 0.3 is 0 Å². The van der Waals surface area contributed by atoms with E-state index in [0.717, 1.165) is 11.6 Å². The zero-order valence-electron chi connectivity index (χ0n) is 13.0. The maximum atomic E-state index is 5.16. The molecule has 0 spiro atoms. The molecule has 0 bridgehead atoms. The van der Waals surface area contributed by atoms with E-state index in [1.165, 1.54) is 11.9 Å². The Morgan fingerprint density at radius 1 is 1.13 bits per heavy atom. The average molecular weight is 310 g/mol. The highest BCUT2D eigenvalue weighted by Crippen LogP contribution is 2.14. The molecule has 2 aromatic heterocycles. The molecule has 0 saturated carbocycles. The van der Waals surface area contributed by atoms with Gasteiger partial charge in [-0.2, -0.15) is 9.78 Å². The Labute approximate surface area is 134 Å². The standard InChI is InChI=1S/C16H18N6O/c1-12(19-10-13-4-6-14(23-2)7-5-13)15-20-11-21-22(15)16-17-8-3-9-18-16/h3-9,11-12,19H,10H2,1-2H3. The Balaban J connectivity index is 1.69. The van der Waals surface area contributed by atoms with E-state index >= 15 is 0 Å². The molecule has 3 aromatic rings. The van der Waals surface area contributed by atoms with Crippen LogP contribution in [-0.2, 0) is 6.54 Å². The van der Waals surface area contributed by atoms with Crippen molar-refractivity contribution in [1.82, 2.24) is 30.0 Å². The van der Waals surface area contributed by atoms with Gasteiger partial charge in [0, 0.05) is 18.9 Å². The minimum atomic E-state index is 0.00316. The molecule has 0 fully saturated rings. The van der Waals surface area contributed by atoms with Crippen molar-refractivity contribution in [3.05, 3.63) is 60.4 Å². The molecule has 3 rings (SSSR count). The molecule has 0 aliphatic rings. The number of hydrogen-bond donors (Lipinski definition) is 1. The second kappa shape index (κ2) is 6.97. The van der Waals surface area contributed by atoms with Gasteiger partial charge < -0.3 is 10.1 Å². The third-order valence-electron chi connectivity index (χ3n) is 3.47. The van der Waals surface area contributed by atoms with Crippen LogP contribution in [0.15, 0.2) is 49.1 Å². The molecular formula is C16H18N6O. The van der Waals surface area contributed by atoms with Crippen LogP contribution in [0.3, 0.4) is 0 Å². The SMILES string of the molecule is COc1ccc(CNC(C)c2ncnn2-c2ncccn2)cc1. The van der Waals surface area contributed by atoms with Gasteiger partial charge in [0.25, 0.3) is 5.95 Å². The second-order valence-corrected chi connectivity index (χ2v) is 5.03. The van der Waals surface area contributed by atoms with Gasteiger partial charge in [-0.1, -0.05) is 12.1 Å². The van der Waals surface area contributed by atoms with Crippen molar-refractivity contribution in [2.45, 2.75) is 19.5 Å². The zero-order valence-corrected chi connectivity index (χ0v) is 13.0. The monoisotopic (exact) mass is 310 g/mol. The van der Waals surface area contributed by atoms with Crippen LogP contribution < -0.4 is 10.1 Å². The van der Waals surface area contributed by atoms with E-state index in [0.29, 0.717) is 12.5 Å². The van der Waals surface area contributed by atoms with Crippen LogP contribution >= 0.6 is 0 Å². The summed E-state index contributed by atoms with van der Waals surface area (Å²) < 4.78 is 6.81. The van der Waals surface area contributed by atoms with Crippen molar-refractivity contribution < 1.29 is 4.74 Å². The van der Waals surface area contributed by atoms with Gasteiger partial charge in [0.1, 0.15) is 12.1 Å². The van der Waals surface area contributed by atoms with E-state index in [-0.39, 0.29) is 6.04 Å². The van der Waals surface area contributed by atoms with Crippen molar-refractivity contribution in [1.29, 1.82) is 0 Å². The summed E-state index contributed by atoms with van der Waals surface area (Å²) >= 11 is 0. The van der Waals surface area contributed by atoms with E-state index in [1.54, 1.807) is 30.3 Å². The zero-order chi connectivity index (χ0) is 16.1. The molecule has 0 radical (unpaired) electrons. The molecule has 0 aliphatic heterocycles. The van der Waals surface area contributed by atoms with Gasteiger partial charge in [0.2, 0.25) is 0 Å². The lowest BCUT2D eigenvalue weighted by Gasteiger charge is -2.14. The third-order valence-corrected chi connectivity index (χ3v) is 3.47. The number of aromatic nitrogens is 5. The molecule has 7 heteroatoms. The molecule has 0 aliphatic carbocycles. The molecule has 0 saturated heterocycles. The van der Waals surface area contributed by atoms with Gasteiger partial charge in [-0.05, 0) is 30.7 Å². The quantitative estimate of drug-likeness (QED) is 0.749. The molecule has 118 valence electrons. The van der Waals surface area contributed by atoms with Crippen LogP contribution in [0.4, 0.5) is 0 Å². The lowest BCUT2D eigenvalue weighted by molar-refractivity contribution is 0.414. The number of hydrogen-bond acceptors (Lipinski definition) is 6. The van der Waals surface area contributed by atoms with Gasteiger partial charge in [-0.3, -0.25) is 0 Å². The molecule has 1 unspecified atom stereocenters. The highest BCUT2D eigenvalue weighted by Gasteiger charge is 2.15. The Hall–Kier alpha value is -2.80. The first-order valence-corrected chi connectivity index (χ1v) is 7.31. The fourth-order valence-electron chi connectivity index (χ4n) is 2.21. The summed E-state index contributed by atoms with van der Waals surface area (Å²) in [5.74, 6) is 2.13. The topological polar surface area (TPSA) is 77.8 Å². The van der Waals surface area contributed by atoms with Crippen molar-refractivity contribution in [2.24, 2.45) is 0 Å². The Morgan fingerprint density at radius 2 is 1.87 bits per heavy atom. The van der Waals surface area contributed by atoms with Gasteiger partial charge in [-0.15, -0.1) is 0 Å². The number of ether oxygens (including phenoxy) is 1. The molecule has 0 amide bonds. The van der Waals surface area contributed by atoms with E-state index in [2.05, 4.69) is 25.4 Å². The molecule has 23 heavy (non-hydrogen) atoms. The fraction of sp³-hybridized carbons (Fsp3) is 0.250. The van der Waals surface area contributed by atoms with Gasteiger partial charge in [0.05, 0.1) is 13.2 Å². The molecule has 1 aromatic carbocycles. The second-order valence-electron chi connectivity index (χ2n) is 5.03. The number of methoxy groups -OCH3 is 1. The molecule has 2 heterocycles. The number of nitrogens with zero attached hydrogens (tertiary/aromatic N) is 5. The Morgan fingerprint density at radius 3 is 2.57 bits per heavy atom. The minimum absolute atomic E-state index is 0.00316. The van der Waals surface area contributed by atoms with Gasteiger partial charge in [-0.25, -0.2) is 15.0 Å². The number of nitrogens with one attached hydrogen (secondary N) is 1. The first-order valence-electron chi connectivity index (χ1n) is 7.31. The van der Waals surface area contributed by atoms with Crippen molar-refractivity contribution in [2.75, 3.05) is 7.11 Å². The lowest BCUT2D eigenvalue weighted by Crippen LogP contribution is -2.22. The summed E-state index contributed by atoms with van der Waals surface area (Å²) in [7, 11) is 1.66. The molecule has 1 N–H and O–H groups in total. The highest BCUT2D eigenvalue weighted by atomic mass is 16.5. The molecule has 7 nitrogen and oxygen atoms in total. The van der Waals surface area contributed by atoms with Crippen molar-refractivity contribution >= 4 is 0 Å². The normalized spacial score (nSPS) is 12.1. The van der Waals surface area contributed by atoms with Crippen LogP contribution in [0, 0.1) is 0 Å². The Kier molecular flexibility index (Phi) is 4.58. The average Bonchev–Trinajstić information content (AvgIpc) is 3.11. The lowest BCUT2D eigenvalue weighted by atomic mass is 10.2. The fourth-order valence-corrected chi connectivity index (χ4v) is 2.21. The van der Waals surface area contributed by atoms with Crippen LogP contribution in [0.25, 0.3) is 5.95 Å². The smallest absolute Gasteiger partial charge is 0.252 e. The van der Waals surface area contributed by atoms with Crippen molar-refractivity contribution in [3.8, 4) is 11.7 Å². The predicted molar refractivity (Wildman–Crippen MR) is 85.2 cm³/mol. The van der Waals surface area contributed by atoms with E-state index in [4.69, 9.17) is 4.74 Å². The summed E-state index contributed by atoms with van der Waals surface area (Å²) in [6.45, 7) is 2.75. The summed E-state index contributed by atoms with van der Waals surface area (Å²) in [6, 6.07) is 9.73. The third kappa shape index (κ3) is 3.51. The predicted octanol–water partition coefficient (Wildman–Crippen LogP) is 1.92. The summed E-state index contributed by atoms with van der Waals surface area (Å²) in [5.41, 5.74) is 1.17. The highest BCUT2D eigenvalue weighted by molar-refractivity contribution is 5.27. The maximum absolute atomic E-state index is 5.16. The van der Waals surface area contributed by atoms with Gasteiger partial charge in [0.15, 0.2) is 5.82 Å². The van der Waals surface area contributed by atoms with Crippen molar-refractivity contribution in [3.63, 3.8) is 0 Å². The van der Waals surface area contributed by atoms with E-state index in [9.17, 15) is 0 Å². The summed E-state index contributed by atoms with van der Waals surface area (Å²) in [4.78, 5) is 12.7. The van der Waals surface area contributed by atoms with E-state index in [1.807, 2.05) is 31.2 Å². The first-order chi connectivity index (χ1) is 11.3. The summed E-state index contributed by atoms with van der Waals surface area (Å²) in [5, 5.41) is 7.64. The van der Waals surface area contributed by atoms with E-state index < -0.39 is 0 Å². The maximum Gasteiger partial charge on any atom is 0.252 e. The number of benzene rings is 1. The number of rotatable bonds is 6. The minimum Gasteiger partial charge on any atom is -0.497 e. The largest absolute Gasteiger partial charge is 0.497 e. The molecular weight excluding hydrogens is 292 g/mol. The van der Waals surface area contributed by atoms with Crippen LogP contribution in [-0.4, -0.2) is 31.8 Å². The van der Waals surface area contributed by atoms with Crippen LogP contribution in [0.2, 0.25) is 0 Å². The Bertz CT molecular complexity index is 741. The van der Waals surface area contributed by atoms with Crippen LogP contribution in [0.1, 0.15) is 24.4 Å². The van der Waals surface area contributed by atoms with Crippen LogP contribution in [0.5, 0.6) is 5.75 Å². The summed E-state index contributed by atoms with van der Waals surface area (Å²) in [6.07, 6.45) is 4.88.